The lowest BCUT2D eigenvalue weighted by Crippen LogP contribution is -2.14. The molecule has 0 spiro atoms. The minimum Gasteiger partial charge on any atom is -0.296 e. The van der Waals surface area contributed by atoms with Crippen molar-refractivity contribution in [3.63, 3.8) is 0 Å². The van der Waals surface area contributed by atoms with Crippen LogP contribution in [0.5, 0.6) is 0 Å². The number of nitrogens with two attached hydrogens (primary N) is 1. The van der Waals surface area contributed by atoms with E-state index in [9.17, 15) is 0 Å². The quantitative estimate of drug-likeness (QED) is 0.554. The molecule has 0 fully saturated rings. The second kappa shape index (κ2) is 3.36. The van der Waals surface area contributed by atoms with Crippen molar-refractivity contribution in [2.45, 2.75) is 38.2 Å². The van der Waals surface area contributed by atoms with Crippen LogP contribution in [0.4, 0.5) is 0 Å². The molecule has 0 radical (unpaired) electrons. The highest BCUT2D eigenvalue weighted by Crippen LogP contribution is 2.27. The van der Waals surface area contributed by atoms with Gasteiger partial charge in [-0.2, -0.15) is 11.1 Å². The Balaban J connectivity index is 3.46. The van der Waals surface area contributed by atoms with Crippen molar-refractivity contribution in [1.29, 1.82) is 0 Å². The van der Waals surface area contributed by atoms with Crippen LogP contribution in [0, 0.1) is 0 Å². The fraction of sp³-hybridized carbons (Fsp3) is 1.00. The van der Waals surface area contributed by atoms with E-state index in [1.807, 2.05) is 0 Å². The summed E-state index contributed by atoms with van der Waals surface area (Å²) >= 11 is -0.199. The SMILES string of the molecule is CC(C)[SH](N)C(C)C. The Morgan fingerprint density at radius 2 is 1.25 bits per heavy atom. The Morgan fingerprint density at radius 3 is 1.25 bits per heavy atom. The Labute approximate surface area is 55.1 Å². The van der Waals surface area contributed by atoms with Crippen molar-refractivity contribution < 1.29 is 0 Å². The largest absolute Gasteiger partial charge is 0.296 e. The third kappa shape index (κ3) is 2.58. The van der Waals surface area contributed by atoms with Crippen molar-refractivity contribution in [2.24, 2.45) is 5.14 Å². The van der Waals surface area contributed by atoms with E-state index in [0.29, 0.717) is 10.5 Å². The molecule has 0 aromatic heterocycles. The van der Waals surface area contributed by atoms with Crippen LogP contribution in [0.2, 0.25) is 0 Å². The summed E-state index contributed by atoms with van der Waals surface area (Å²) in [4.78, 5) is 0. The molecule has 2 N–H and O–H groups in total. The summed E-state index contributed by atoms with van der Waals surface area (Å²) in [5, 5.41) is 7.19. The van der Waals surface area contributed by atoms with Crippen LogP contribution >= 0.6 is 11.1 Å². The number of rotatable bonds is 2. The van der Waals surface area contributed by atoms with Gasteiger partial charge in [0.15, 0.2) is 0 Å². The molecule has 0 aliphatic heterocycles. The lowest BCUT2D eigenvalue weighted by atomic mass is 10.5. The zero-order valence-corrected chi connectivity index (χ0v) is 7.07. The monoisotopic (exact) mass is 135 g/mol. The van der Waals surface area contributed by atoms with Gasteiger partial charge in [-0.3, -0.25) is 5.14 Å². The van der Waals surface area contributed by atoms with Crippen molar-refractivity contribution in [2.75, 3.05) is 0 Å². The Morgan fingerprint density at radius 1 is 1.00 bits per heavy atom. The summed E-state index contributed by atoms with van der Waals surface area (Å²) in [5.41, 5.74) is 0. The molecule has 0 atom stereocenters. The van der Waals surface area contributed by atoms with Gasteiger partial charge in [0.05, 0.1) is 0 Å². The molecule has 0 saturated heterocycles. The third-order valence-corrected chi connectivity index (χ3v) is 3.58. The van der Waals surface area contributed by atoms with Gasteiger partial charge in [-0.1, -0.05) is 27.7 Å². The zero-order chi connectivity index (χ0) is 6.73. The number of hydrogen-bond acceptors (Lipinski definition) is 1. The molecule has 0 aliphatic rings. The maximum Gasteiger partial charge on any atom is -0.00777 e. The second-order valence-electron chi connectivity index (χ2n) is 2.63. The molecule has 0 rings (SSSR count). The smallest absolute Gasteiger partial charge is 0.00777 e. The maximum absolute atomic E-state index is 5.82. The van der Waals surface area contributed by atoms with Crippen molar-refractivity contribution in [1.82, 2.24) is 0 Å². The van der Waals surface area contributed by atoms with E-state index in [-0.39, 0.29) is 11.1 Å². The van der Waals surface area contributed by atoms with Gasteiger partial charge in [-0.15, -0.1) is 0 Å². The van der Waals surface area contributed by atoms with Gasteiger partial charge in [0, 0.05) is 0 Å². The zero-order valence-electron chi connectivity index (χ0n) is 6.18. The fourth-order valence-electron chi connectivity index (χ4n) is 0.596. The minimum atomic E-state index is -0.199. The average Bonchev–Trinajstić information content (AvgIpc) is 1.64. The molecule has 52 valence electrons. The molecule has 2 heteroatoms. The van der Waals surface area contributed by atoms with Crippen LogP contribution in [0.3, 0.4) is 0 Å². The molecule has 0 amide bonds. The first-order valence-electron chi connectivity index (χ1n) is 3.08. The number of hydrogen-bond donors (Lipinski definition) is 2. The van der Waals surface area contributed by atoms with Crippen LogP contribution in [-0.4, -0.2) is 10.5 Å². The highest BCUT2D eigenvalue weighted by Gasteiger charge is 2.05. The molecular formula is C6H17NS. The van der Waals surface area contributed by atoms with Gasteiger partial charge < -0.3 is 0 Å². The van der Waals surface area contributed by atoms with Gasteiger partial charge in [-0.05, 0) is 10.5 Å². The summed E-state index contributed by atoms with van der Waals surface area (Å²) in [6.45, 7) is 8.74. The van der Waals surface area contributed by atoms with Crippen LogP contribution in [0.25, 0.3) is 0 Å². The highest BCUT2D eigenvalue weighted by molar-refractivity contribution is 8.16. The number of thiol groups is 1. The standard InChI is InChI=1S/C6H17NS/c1-5(2)8(7)6(3)4/h5-6,8H,7H2,1-4H3. The van der Waals surface area contributed by atoms with Crippen LogP contribution in [0.1, 0.15) is 27.7 Å². The van der Waals surface area contributed by atoms with Crippen molar-refractivity contribution in [3.05, 3.63) is 0 Å². The van der Waals surface area contributed by atoms with Gasteiger partial charge in [0.25, 0.3) is 0 Å². The lowest BCUT2D eigenvalue weighted by Gasteiger charge is -2.24. The van der Waals surface area contributed by atoms with Gasteiger partial charge in [-0.25, -0.2) is 0 Å². The third-order valence-electron chi connectivity index (χ3n) is 1.19. The van der Waals surface area contributed by atoms with E-state index in [1.54, 1.807) is 0 Å². The van der Waals surface area contributed by atoms with Crippen LogP contribution < -0.4 is 5.14 Å². The molecule has 0 aromatic carbocycles. The van der Waals surface area contributed by atoms with E-state index in [1.165, 1.54) is 0 Å². The molecule has 1 nitrogen and oxygen atoms in total. The summed E-state index contributed by atoms with van der Waals surface area (Å²) < 4.78 is 0. The van der Waals surface area contributed by atoms with E-state index < -0.39 is 0 Å². The summed E-state index contributed by atoms with van der Waals surface area (Å²) in [6.07, 6.45) is 0. The van der Waals surface area contributed by atoms with E-state index in [0.717, 1.165) is 0 Å². The first-order valence-corrected chi connectivity index (χ1v) is 4.63. The molecule has 0 bridgehead atoms. The average molecular weight is 135 g/mol. The first kappa shape index (κ1) is 8.31. The van der Waals surface area contributed by atoms with Crippen molar-refractivity contribution in [3.8, 4) is 0 Å². The molecule has 0 saturated carbocycles. The summed E-state index contributed by atoms with van der Waals surface area (Å²) in [7, 11) is 0. The molecule has 8 heavy (non-hydrogen) atoms. The Hall–Kier alpha value is 0.310. The predicted molar refractivity (Wildman–Crippen MR) is 43.4 cm³/mol. The van der Waals surface area contributed by atoms with Gasteiger partial charge in [0.2, 0.25) is 0 Å². The topological polar surface area (TPSA) is 26.0 Å². The molecular weight excluding hydrogens is 118 g/mol. The predicted octanol–water partition coefficient (Wildman–Crippen LogP) is 1.68. The highest BCUT2D eigenvalue weighted by atomic mass is 32.2. The van der Waals surface area contributed by atoms with Gasteiger partial charge >= 0.3 is 0 Å². The van der Waals surface area contributed by atoms with E-state index >= 15 is 0 Å². The second-order valence-corrected chi connectivity index (χ2v) is 5.59. The Bertz CT molecular complexity index is 53.5. The molecule has 0 aromatic rings. The molecule has 0 aliphatic carbocycles. The normalized spacial score (nSPS) is 13.1. The molecule has 0 heterocycles. The first-order chi connectivity index (χ1) is 3.55. The van der Waals surface area contributed by atoms with Crippen LogP contribution in [0.15, 0.2) is 0 Å². The summed E-state index contributed by atoms with van der Waals surface area (Å²) in [6, 6.07) is 0. The van der Waals surface area contributed by atoms with E-state index in [2.05, 4.69) is 27.7 Å². The lowest BCUT2D eigenvalue weighted by molar-refractivity contribution is 1.03. The van der Waals surface area contributed by atoms with Gasteiger partial charge in [0.1, 0.15) is 0 Å². The fourth-order valence-corrected chi connectivity index (χ4v) is 1.79. The maximum atomic E-state index is 5.82. The van der Waals surface area contributed by atoms with Crippen LogP contribution in [-0.2, 0) is 0 Å². The van der Waals surface area contributed by atoms with Crippen molar-refractivity contribution >= 4 is 11.1 Å². The summed E-state index contributed by atoms with van der Waals surface area (Å²) in [5.74, 6) is 0. The van der Waals surface area contributed by atoms with E-state index in [4.69, 9.17) is 5.14 Å². The molecule has 0 unspecified atom stereocenters. The minimum absolute atomic E-state index is 0.199. The Kier molecular flexibility index (Phi) is 3.49.